The molecule has 0 aliphatic heterocycles. The second kappa shape index (κ2) is 6.85. The molecule has 110 valence electrons. The number of aromatic nitrogens is 1. The summed E-state index contributed by atoms with van der Waals surface area (Å²) in [7, 11) is 0. The summed E-state index contributed by atoms with van der Waals surface area (Å²) in [6, 6.07) is 3.53. The van der Waals surface area contributed by atoms with Gasteiger partial charge in [0, 0.05) is 18.9 Å². The molecule has 7 heteroatoms. The molecule has 1 heterocycles. The topological polar surface area (TPSA) is 91.8 Å². The number of hydrogen-bond acceptors (Lipinski definition) is 5. The smallest absolute Gasteiger partial charge is 0.422 e. The minimum Gasteiger partial charge on any atom is -0.480 e. The summed E-state index contributed by atoms with van der Waals surface area (Å²) in [6.07, 6.45) is 2.53. The molecule has 0 unspecified atom stereocenters. The lowest BCUT2D eigenvalue weighted by molar-refractivity contribution is -0.139. The number of hydrogen-bond donors (Lipinski definition) is 2. The van der Waals surface area contributed by atoms with Gasteiger partial charge in [0.15, 0.2) is 0 Å². The first-order chi connectivity index (χ1) is 9.26. The van der Waals surface area contributed by atoms with Gasteiger partial charge >= 0.3 is 12.1 Å². The van der Waals surface area contributed by atoms with Crippen molar-refractivity contribution in [2.45, 2.75) is 32.9 Å². The highest BCUT2D eigenvalue weighted by molar-refractivity contribution is 5.71. The molecule has 20 heavy (non-hydrogen) atoms. The lowest BCUT2D eigenvalue weighted by atomic mass is 10.2. The average Bonchev–Trinajstić information content (AvgIpc) is 2.26. The molecule has 0 aromatic carbocycles. The quantitative estimate of drug-likeness (QED) is 0.793. The van der Waals surface area contributed by atoms with E-state index >= 15 is 0 Å². The van der Waals surface area contributed by atoms with Crippen LogP contribution in [0.25, 0.3) is 0 Å². The van der Waals surface area contributed by atoms with E-state index in [4.69, 9.17) is 9.84 Å². The number of aliphatic carboxylic acids is 1. The molecule has 1 rings (SSSR count). The molecule has 1 amide bonds. The third kappa shape index (κ3) is 6.69. The number of amides is 1. The maximum atomic E-state index is 11.7. The number of ether oxygens (including phenoxy) is 1. The van der Waals surface area contributed by atoms with E-state index in [2.05, 4.69) is 10.4 Å². The summed E-state index contributed by atoms with van der Waals surface area (Å²) in [5, 5.41) is 10.1. The number of rotatable bonds is 5. The van der Waals surface area contributed by atoms with Crippen LogP contribution in [-0.2, 0) is 16.1 Å². The van der Waals surface area contributed by atoms with Crippen LogP contribution in [0.5, 0.6) is 0 Å². The van der Waals surface area contributed by atoms with Gasteiger partial charge in [-0.2, -0.15) is 0 Å². The number of pyridine rings is 1. The zero-order valence-corrected chi connectivity index (χ0v) is 11.8. The van der Waals surface area contributed by atoms with Gasteiger partial charge in [-0.1, -0.05) is 6.07 Å². The maximum Gasteiger partial charge on any atom is 0.422 e. The van der Waals surface area contributed by atoms with Crippen molar-refractivity contribution in [3.05, 3.63) is 30.1 Å². The lowest BCUT2D eigenvalue weighted by Crippen LogP contribution is -2.46. The van der Waals surface area contributed by atoms with E-state index in [1.807, 2.05) is 0 Å². The van der Waals surface area contributed by atoms with E-state index in [0.29, 0.717) is 0 Å². The van der Waals surface area contributed by atoms with Crippen molar-refractivity contribution in [1.29, 1.82) is 0 Å². The summed E-state index contributed by atoms with van der Waals surface area (Å²) in [5.74, 6) is -1.05. The Morgan fingerprint density at radius 1 is 1.45 bits per heavy atom. The first-order valence-corrected chi connectivity index (χ1v) is 6.11. The molecule has 0 saturated carbocycles. The van der Waals surface area contributed by atoms with Crippen LogP contribution in [0.4, 0.5) is 4.79 Å². The third-order valence-corrected chi connectivity index (χ3v) is 2.07. The number of carboxylic acid groups (broad SMARTS) is 1. The van der Waals surface area contributed by atoms with E-state index in [1.54, 1.807) is 45.3 Å². The number of carbonyl (C=O) groups is 2. The Hall–Kier alpha value is -2.15. The number of nitrogens with one attached hydrogen (secondary N) is 1. The minimum absolute atomic E-state index is 0.222. The van der Waals surface area contributed by atoms with E-state index < -0.39 is 17.7 Å². The number of carbonyl (C=O) groups excluding carboxylic acids is 1. The molecule has 0 atom stereocenters. The van der Waals surface area contributed by atoms with Crippen molar-refractivity contribution < 1.29 is 19.4 Å². The number of carboxylic acids is 1. The van der Waals surface area contributed by atoms with Gasteiger partial charge in [-0.25, -0.2) is 9.80 Å². The molecular formula is C13H19N3O4. The Labute approximate surface area is 117 Å². The fraction of sp³-hybridized carbons (Fsp3) is 0.462. The van der Waals surface area contributed by atoms with Gasteiger partial charge < -0.3 is 9.84 Å². The highest BCUT2D eigenvalue weighted by atomic mass is 16.6. The van der Waals surface area contributed by atoms with Gasteiger partial charge in [-0.15, -0.1) is 0 Å². The molecule has 7 nitrogen and oxygen atoms in total. The number of hydrazine groups is 1. The molecule has 2 N–H and O–H groups in total. The summed E-state index contributed by atoms with van der Waals surface area (Å²) < 4.78 is 5.09. The molecule has 1 aromatic heterocycles. The van der Waals surface area contributed by atoms with Crippen molar-refractivity contribution in [3.63, 3.8) is 0 Å². The fourth-order valence-corrected chi connectivity index (χ4v) is 1.44. The predicted molar refractivity (Wildman–Crippen MR) is 71.7 cm³/mol. The van der Waals surface area contributed by atoms with E-state index in [-0.39, 0.29) is 13.1 Å². The highest BCUT2D eigenvalue weighted by Crippen LogP contribution is 2.07. The van der Waals surface area contributed by atoms with Crippen LogP contribution >= 0.6 is 0 Å². The zero-order chi connectivity index (χ0) is 15.2. The lowest BCUT2D eigenvalue weighted by Gasteiger charge is -2.25. The maximum absolute atomic E-state index is 11.7. The average molecular weight is 281 g/mol. The normalized spacial score (nSPS) is 11.2. The molecule has 0 aliphatic rings. The standard InChI is InChI=1S/C13H19N3O4/c1-13(2,3)20-12(19)15-16(9-11(17)18)8-10-5-4-6-14-7-10/h4-7H,8-9H2,1-3H3,(H,15,19)(H,17,18). The SMILES string of the molecule is CC(C)(C)OC(=O)NN(CC(=O)O)Cc1cccnc1. The van der Waals surface area contributed by atoms with Crippen molar-refractivity contribution in [2.24, 2.45) is 0 Å². The molecule has 0 bridgehead atoms. The van der Waals surface area contributed by atoms with Crippen LogP contribution in [0.1, 0.15) is 26.3 Å². The van der Waals surface area contributed by atoms with Gasteiger partial charge in [0.05, 0.1) is 0 Å². The van der Waals surface area contributed by atoms with E-state index in [1.165, 1.54) is 5.01 Å². The molecule has 0 radical (unpaired) electrons. The molecule has 0 fully saturated rings. The van der Waals surface area contributed by atoms with Crippen molar-refractivity contribution in [1.82, 2.24) is 15.4 Å². The largest absolute Gasteiger partial charge is 0.480 e. The molecule has 1 aromatic rings. The molecule has 0 aliphatic carbocycles. The third-order valence-electron chi connectivity index (χ3n) is 2.07. The predicted octanol–water partition coefficient (Wildman–Crippen LogP) is 1.41. The fourth-order valence-electron chi connectivity index (χ4n) is 1.44. The van der Waals surface area contributed by atoms with Gasteiger partial charge in [-0.3, -0.25) is 15.2 Å². The number of nitrogens with zero attached hydrogens (tertiary/aromatic N) is 2. The second-order valence-electron chi connectivity index (χ2n) is 5.22. The van der Waals surface area contributed by atoms with Crippen LogP contribution in [0, 0.1) is 0 Å². The van der Waals surface area contributed by atoms with Crippen LogP contribution in [0.15, 0.2) is 24.5 Å². The Kier molecular flexibility index (Phi) is 5.45. The van der Waals surface area contributed by atoms with Crippen LogP contribution in [-0.4, -0.2) is 39.3 Å². The monoisotopic (exact) mass is 281 g/mol. The summed E-state index contributed by atoms with van der Waals surface area (Å²) in [5.41, 5.74) is 2.55. The van der Waals surface area contributed by atoms with Crippen molar-refractivity contribution >= 4 is 12.1 Å². The summed E-state index contributed by atoms with van der Waals surface area (Å²) >= 11 is 0. The van der Waals surface area contributed by atoms with Gasteiger partial charge in [0.1, 0.15) is 12.1 Å². The zero-order valence-electron chi connectivity index (χ0n) is 11.8. The summed E-state index contributed by atoms with van der Waals surface area (Å²) in [6.45, 7) is 5.08. The van der Waals surface area contributed by atoms with Crippen LogP contribution < -0.4 is 5.43 Å². The van der Waals surface area contributed by atoms with Crippen molar-refractivity contribution in [2.75, 3.05) is 6.54 Å². The summed E-state index contributed by atoms with van der Waals surface area (Å²) in [4.78, 5) is 26.4. The van der Waals surface area contributed by atoms with Crippen molar-refractivity contribution in [3.8, 4) is 0 Å². The first-order valence-electron chi connectivity index (χ1n) is 6.11. The second-order valence-corrected chi connectivity index (χ2v) is 5.22. The van der Waals surface area contributed by atoms with Gasteiger partial charge in [-0.05, 0) is 32.4 Å². The minimum atomic E-state index is -1.05. The van der Waals surface area contributed by atoms with Crippen LogP contribution in [0.3, 0.4) is 0 Å². The Morgan fingerprint density at radius 2 is 2.15 bits per heavy atom. The Bertz CT molecular complexity index is 456. The Balaban J connectivity index is 2.65. The van der Waals surface area contributed by atoms with Gasteiger partial charge in [0.25, 0.3) is 0 Å². The molecular weight excluding hydrogens is 262 g/mol. The highest BCUT2D eigenvalue weighted by Gasteiger charge is 2.19. The van der Waals surface area contributed by atoms with Crippen LogP contribution in [0.2, 0.25) is 0 Å². The molecule has 0 spiro atoms. The van der Waals surface area contributed by atoms with Gasteiger partial charge in [0.2, 0.25) is 0 Å². The first kappa shape index (κ1) is 15.9. The van der Waals surface area contributed by atoms with E-state index in [9.17, 15) is 9.59 Å². The Morgan fingerprint density at radius 3 is 2.65 bits per heavy atom. The molecule has 0 saturated heterocycles. The van der Waals surface area contributed by atoms with E-state index in [0.717, 1.165) is 5.56 Å².